The molecule has 0 unspecified atom stereocenters. The van der Waals surface area contributed by atoms with Crippen LogP contribution in [-0.4, -0.2) is 35.9 Å². The number of aromatic amines is 1. The zero-order valence-electron chi connectivity index (χ0n) is 20.2. The Hall–Kier alpha value is -5.45. The minimum Gasteiger partial charge on any atom is -0.774 e. The fraction of sp³-hybridized carbons (Fsp3) is 0. The fourth-order valence-corrected chi connectivity index (χ4v) is 4.96. The summed E-state index contributed by atoms with van der Waals surface area (Å²) in [5.41, 5.74) is 9.80. The fourth-order valence-electron chi connectivity index (χ4n) is 4.96. The number of hydrazone groups is 1. The van der Waals surface area contributed by atoms with Crippen molar-refractivity contribution in [2.24, 2.45) is 5.10 Å². The van der Waals surface area contributed by atoms with Gasteiger partial charge in [0.05, 0.1) is 39.1 Å². The predicted octanol–water partition coefficient (Wildman–Crippen LogP) is 6.06. The van der Waals surface area contributed by atoms with Gasteiger partial charge in [0.15, 0.2) is 0 Å². The van der Waals surface area contributed by atoms with Crippen molar-refractivity contribution >= 4 is 55.1 Å². The van der Waals surface area contributed by atoms with Crippen LogP contribution in [0.1, 0.15) is 5.69 Å². The molecule has 186 valence electrons. The summed E-state index contributed by atoms with van der Waals surface area (Å²) in [5, 5.41) is 22.9. The quantitative estimate of drug-likeness (QED) is 0.288. The van der Waals surface area contributed by atoms with E-state index in [9.17, 15) is 5.21 Å². The molecular weight excluding hydrogens is 490 g/mol. The van der Waals surface area contributed by atoms with E-state index in [4.69, 9.17) is 9.97 Å². The van der Waals surface area contributed by atoms with E-state index in [0.29, 0.717) is 27.6 Å². The lowest BCUT2D eigenvalue weighted by atomic mass is 10.1. The highest BCUT2D eigenvalue weighted by atomic mass is 16.6. The number of nitrogens with one attached hydrogen (secondary N) is 1. The number of H-pyrrole nitrogens is 1. The van der Waals surface area contributed by atoms with Gasteiger partial charge in [0.2, 0.25) is 0 Å². The van der Waals surface area contributed by atoms with E-state index in [1.165, 1.54) is 5.12 Å². The molecule has 8 rings (SSSR count). The highest BCUT2D eigenvalue weighted by molar-refractivity contribution is 6.10. The van der Waals surface area contributed by atoms with Crippen molar-refractivity contribution in [1.29, 1.82) is 0 Å². The molecule has 0 atom stereocenters. The van der Waals surface area contributed by atoms with Gasteiger partial charge in [-0.15, -0.1) is 0 Å². The van der Waals surface area contributed by atoms with Crippen LogP contribution in [0.15, 0.2) is 103 Å². The number of pyridine rings is 4. The topological polar surface area (TPSA) is 123 Å². The van der Waals surface area contributed by atoms with Gasteiger partial charge in [-0.25, -0.2) is 9.97 Å². The van der Waals surface area contributed by atoms with Crippen LogP contribution in [0.25, 0.3) is 60.5 Å². The number of hydrogen-bond donors (Lipinski definition) is 1. The van der Waals surface area contributed by atoms with Crippen molar-refractivity contribution < 1.29 is 0 Å². The molecule has 0 fully saturated rings. The van der Waals surface area contributed by atoms with Crippen molar-refractivity contribution in [3.05, 3.63) is 114 Å². The first kappa shape index (κ1) is 21.6. The second-order valence-electron chi connectivity index (χ2n) is 9.13. The molecule has 5 aromatic heterocycles. The number of fused-ring (bicyclic) bond motifs is 6. The first-order valence-corrected chi connectivity index (χ1v) is 12.3. The monoisotopic (exact) mass is 507 g/mol. The molecule has 6 heterocycles. The Balaban J connectivity index is 1.24. The van der Waals surface area contributed by atoms with Gasteiger partial charge in [0.25, 0.3) is 0 Å². The van der Waals surface area contributed by atoms with Gasteiger partial charge in [-0.2, -0.15) is 5.10 Å². The molecule has 7 aromatic rings. The van der Waals surface area contributed by atoms with Gasteiger partial charge in [-0.1, -0.05) is 36.4 Å². The normalized spacial score (nSPS) is 13.7. The van der Waals surface area contributed by atoms with E-state index in [2.05, 4.69) is 25.6 Å². The minimum absolute atomic E-state index is 0.0859. The number of aromatic nitrogens is 5. The smallest absolute Gasteiger partial charge is 0.146 e. The number of nitrogens with zero attached hydrogens (tertiary/aromatic N) is 8. The lowest BCUT2D eigenvalue weighted by Crippen LogP contribution is -2.18. The number of rotatable bonds is 3. The average molecular weight is 508 g/mol. The molecule has 0 bridgehead atoms. The van der Waals surface area contributed by atoms with Crippen LogP contribution < -0.4 is 5.12 Å². The standard InChI is InChI=1S/C29H17N9O/c39-38-29(23-12-9-18-6-5-17-3-1-15-31-25(17)26(18)34-23)35-37(36-38)24-13-16-32-28-20(24)10-7-19-8-11-22(33-27(19)28)21-4-2-14-30-21/h1-16,30H/q-2. The molecule has 1 aliphatic rings. The Morgan fingerprint density at radius 1 is 0.667 bits per heavy atom. The summed E-state index contributed by atoms with van der Waals surface area (Å²) in [6.07, 6.45) is 5.27. The minimum atomic E-state index is 0.0859. The molecule has 0 aliphatic carbocycles. The molecule has 0 saturated heterocycles. The molecule has 1 aliphatic heterocycles. The second kappa shape index (κ2) is 8.28. The maximum absolute atomic E-state index is 13.0. The zero-order chi connectivity index (χ0) is 25.9. The maximum atomic E-state index is 13.0. The number of anilines is 1. The molecule has 10 heteroatoms. The van der Waals surface area contributed by atoms with E-state index in [0.717, 1.165) is 44.0 Å². The van der Waals surface area contributed by atoms with Crippen LogP contribution in [-0.2, 0) is 0 Å². The van der Waals surface area contributed by atoms with Gasteiger partial charge >= 0.3 is 0 Å². The first-order chi connectivity index (χ1) is 19.2. The third-order valence-corrected chi connectivity index (χ3v) is 6.83. The van der Waals surface area contributed by atoms with Crippen molar-refractivity contribution in [1.82, 2.24) is 30.1 Å². The summed E-state index contributed by atoms with van der Waals surface area (Å²) in [5.74, 6) is 0.0859. The third-order valence-electron chi connectivity index (χ3n) is 6.83. The molecule has 10 nitrogen and oxygen atoms in total. The highest BCUT2D eigenvalue weighted by Gasteiger charge is 2.17. The predicted molar refractivity (Wildman–Crippen MR) is 151 cm³/mol. The first-order valence-electron chi connectivity index (χ1n) is 12.3. The van der Waals surface area contributed by atoms with E-state index in [-0.39, 0.29) is 5.84 Å². The molecule has 0 amide bonds. The van der Waals surface area contributed by atoms with Crippen molar-refractivity contribution in [3.8, 4) is 11.4 Å². The van der Waals surface area contributed by atoms with Crippen LogP contribution in [0, 0.1) is 5.21 Å². The lowest BCUT2D eigenvalue weighted by molar-refractivity contribution is 0.710. The Kier molecular flexibility index (Phi) is 4.59. The van der Waals surface area contributed by atoms with E-state index in [1.807, 2.05) is 72.9 Å². The maximum Gasteiger partial charge on any atom is 0.146 e. The van der Waals surface area contributed by atoms with Crippen molar-refractivity contribution in [2.75, 3.05) is 5.12 Å². The van der Waals surface area contributed by atoms with Crippen molar-refractivity contribution in [2.45, 2.75) is 0 Å². The van der Waals surface area contributed by atoms with Crippen LogP contribution >= 0.6 is 0 Å². The van der Waals surface area contributed by atoms with Crippen LogP contribution in [0.4, 0.5) is 5.69 Å². The van der Waals surface area contributed by atoms with Gasteiger partial charge in [0, 0.05) is 40.1 Å². The summed E-state index contributed by atoms with van der Waals surface area (Å²) in [6.45, 7) is 0. The Morgan fingerprint density at radius 2 is 1.38 bits per heavy atom. The average Bonchev–Trinajstić information content (AvgIpc) is 3.66. The summed E-state index contributed by atoms with van der Waals surface area (Å²) in [4.78, 5) is 21.9. The largest absolute Gasteiger partial charge is 0.774 e. The van der Waals surface area contributed by atoms with Gasteiger partial charge < -0.3 is 26.0 Å². The van der Waals surface area contributed by atoms with Gasteiger partial charge in [0.1, 0.15) is 11.5 Å². The summed E-state index contributed by atoms with van der Waals surface area (Å²) < 4.78 is 0. The van der Waals surface area contributed by atoms with Crippen LogP contribution in [0.3, 0.4) is 0 Å². The van der Waals surface area contributed by atoms with Gasteiger partial charge in [-0.3, -0.25) is 9.97 Å². The molecule has 2 aromatic carbocycles. The number of benzene rings is 2. The van der Waals surface area contributed by atoms with E-state index < -0.39 is 0 Å². The Morgan fingerprint density at radius 3 is 2.23 bits per heavy atom. The molecule has 0 radical (unpaired) electrons. The van der Waals surface area contributed by atoms with Crippen molar-refractivity contribution in [3.63, 3.8) is 0 Å². The highest BCUT2D eigenvalue weighted by Crippen LogP contribution is 2.35. The summed E-state index contributed by atoms with van der Waals surface area (Å²) in [7, 11) is 0. The third kappa shape index (κ3) is 3.40. The summed E-state index contributed by atoms with van der Waals surface area (Å²) >= 11 is 0. The number of hydrogen-bond acceptors (Lipinski definition) is 8. The van der Waals surface area contributed by atoms with E-state index >= 15 is 0 Å². The lowest BCUT2D eigenvalue weighted by Gasteiger charge is -2.42. The Bertz CT molecular complexity index is 2090. The second-order valence-corrected chi connectivity index (χ2v) is 9.13. The van der Waals surface area contributed by atoms with Crippen LogP contribution in [0.2, 0.25) is 0 Å². The zero-order valence-corrected chi connectivity index (χ0v) is 20.2. The van der Waals surface area contributed by atoms with Gasteiger partial charge in [-0.05, 0) is 42.5 Å². The molecule has 39 heavy (non-hydrogen) atoms. The Labute approximate surface area is 220 Å². The molecule has 1 N–H and O–H groups in total. The molecule has 0 spiro atoms. The van der Waals surface area contributed by atoms with Crippen LogP contribution in [0.5, 0.6) is 0 Å². The molecular formula is C29H17N9O-2. The summed E-state index contributed by atoms with van der Waals surface area (Å²) in [6, 6.07) is 25.1. The number of hydroxylamine groups is 1. The van der Waals surface area contributed by atoms with E-state index in [1.54, 1.807) is 24.5 Å². The SMILES string of the molecule is [O-]N1[N-]N(c2ccnc3c2ccc2ccc(-c4ccc[nH]4)nc23)N=C1c1ccc2ccc3cccnc3c2n1. The number of amidine groups is 1. The molecule has 0 saturated carbocycles.